The zero-order valence-electron chi connectivity index (χ0n) is 11.0. The van der Waals surface area contributed by atoms with E-state index in [9.17, 15) is 4.79 Å². The average molecular weight is 268 g/mol. The second-order valence-electron chi connectivity index (χ2n) is 4.56. The predicted octanol–water partition coefficient (Wildman–Crippen LogP) is 3.20. The molecule has 0 bridgehead atoms. The number of hydrogen-bond donors (Lipinski definition) is 1. The van der Waals surface area contributed by atoms with Crippen molar-refractivity contribution in [3.8, 4) is 11.5 Å². The Morgan fingerprint density at radius 1 is 1.15 bits per heavy atom. The number of oxazole rings is 1. The van der Waals surface area contributed by atoms with Crippen molar-refractivity contribution in [3.63, 3.8) is 0 Å². The van der Waals surface area contributed by atoms with Crippen molar-refractivity contribution in [1.29, 1.82) is 0 Å². The van der Waals surface area contributed by atoms with Crippen LogP contribution in [0.15, 0.2) is 34.7 Å². The standard InChI is InChI=1S/C15H12N2O3/c1-8-6-7-10(9(2)16-8)14-17-13-11(15(18)19)4-3-5-12(13)20-14/h3-7H,1-2H3,(H,18,19). The van der Waals surface area contributed by atoms with Crippen molar-refractivity contribution in [2.45, 2.75) is 13.8 Å². The number of hydrogen-bond acceptors (Lipinski definition) is 4. The first-order chi connectivity index (χ1) is 9.56. The Balaban J connectivity index is 2.23. The van der Waals surface area contributed by atoms with Gasteiger partial charge in [0.15, 0.2) is 5.58 Å². The van der Waals surface area contributed by atoms with E-state index in [1.54, 1.807) is 12.1 Å². The molecule has 2 heterocycles. The first-order valence-electron chi connectivity index (χ1n) is 6.14. The van der Waals surface area contributed by atoms with Gasteiger partial charge in [-0.3, -0.25) is 4.98 Å². The van der Waals surface area contributed by atoms with Crippen molar-refractivity contribution >= 4 is 17.1 Å². The van der Waals surface area contributed by atoms with E-state index < -0.39 is 5.97 Å². The number of fused-ring (bicyclic) bond motifs is 1. The van der Waals surface area contributed by atoms with Gasteiger partial charge in [0.2, 0.25) is 5.89 Å². The molecule has 3 aromatic rings. The Bertz CT molecular complexity index is 821. The molecule has 0 atom stereocenters. The van der Waals surface area contributed by atoms with Crippen LogP contribution in [0.1, 0.15) is 21.7 Å². The van der Waals surface area contributed by atoms with Crippen LogP contribution in [-0.2, 0) is 0 Å². The van der Waals surface area contributed by atoms with E-state index in [-0.39, 0.29) is 5.56 Å². The number of para-hydroxylation sites is 1. The van der Waals surface area contributed by atoms with Crippen molar-refractivity contribution in [1.82, 2.24) is 9.97 Å². The average Bonchev–Trinajstić information content (AvgIpc) is 2.81. The molecule has 20 heavy (non-hydrogen) atoms. The molecule has 0 saturated heterocycles. The fourth-order valence-corrected chi connectivity index (χ4v) is 2.15. The molecule has 3 rings (SSSR count). The lowest BCUT2D eigenvalue weighted by Crippen LogP contribution is -1.96. The monoisotopic (exact) mass is 268 g/mol. The number of carboxylic acid groups (broad SMARTS) is 1. The summed E-state index contributed by atoms with van der Waals surface area (Å²) in [5.41, 5.74) is 3.43. The largest absolute Gasteiger partial charge is 0.478 e. The van der Waals surface area contributed by atoms with Gasteiger partial charge in [-0.25, -0.2) is 9.78 Å². The Kier molecular flexibility index (Phi) is 2.75. The van der Waals surface area contributed by atoms with Gasteiger partial charge in [-0.15, -0.1) is 0 Å². The Morgan fingerprint density at radius 2 is 1.95 bits per heavy atom. The maximum atomic E-state index is 11.2. The van der Waals surface area contributed by atoms with E-state index in [4.69, 9.17) is 9.52 Å². The molecule has 100 valence electrons. The molecule has 1 N–H and O–H groups in total. The molecule has 2 aromatic heterocycles. The zero-order valence-corrected chi connectivity index (χ0v) is 11.0. The minimum absolute atomic E-state index is 0.134. The third-order valence-corrected chi connectivity index (χ3v) is 3.10. The molecule has 0 fully saturated rings. The second-order valence-corrected chi connectivity index (χ2v) is 4.56. The molecule has 0 aliphatic carbocycles. The maximum Gasteiger partial charge on any atom is 0.338 e. The van der Waals surface area contributed by atoms with Crippen LogP contribution in [0.5, 0.6) is 0 Å². The van der Waals surface area contributed by atoms with E-state index >= 15 is 0 Å². The summed E-state index contributed by atoms with van der Waals surface area (Å²) in [5, 5.41) is 9.16. The Labute approximate surface area is 114 Å². The number of pyridine rings is 1. The van der Waals surface area contributed by atoms with Gasteiger partial charge in [0.05, 0.1) is 16.8 Å². The van der Waals surface area contributed by atoms with Gasteiger partial charge in [-0.2, -0.15) is 0 Å². The van der Waals surface area contributed by atoms with E-state index in [1.165, 1.54) is 6.07 Å². The zero-order chi connectivity index (χ0) is 14.3. The van der Waals surface area contributed by atoms with E-state index in [2.05, 4.69) is 9.97 Å². The molecular weight excluding hydrogens is 256 g/mol. The summed E-state index contributed by atoms with van der Waals surface area (Å²) in [4.78, 5) is 19.8. The molecule has 1 aromatic carbocycles. The molecule has 0 spiro atoms. The van der Waals surface area contributed by atoms with Crippen molar-refractivity contribution in [2.75, 3.05) is 0 Å². The van der Waals surface area contributed by atoms with Gasteiger partial charge in [0.1, 0.15) is 5.52 Å². The number of nitrogens with zero attached hydrogens (tertiary/aromatic N) is 2. The van der Waals surface area contributed by atoms with Crippen LogP contribution in [0.3, 0.4) is 0 Å². The molecule has 0 aliphatic rings. The highest BCUT2D eigenvalue weighted by molar-refractivity contribution is 6.00. The number of benzene rings is 1. The summed E-state index contributed by atoms with van der Waals surface area (Å²) in [6, 6.07) is 8.60. The molecular formula is C15H12N2O3. The highest BCUT2D eigenvalue weighted by atomic mass is 16.4. The van der Waals surface area contributed by atoms with Crippen LogP contribution in [-0.4, -0.2) is 21.0 Å². The topological polar surface area (TPSA) is 76.2 Å². The Hall–Kier alpha value is -2.69. The molecule has 0 unspecified atom stereocenters. The summed E-state index contributed by atoms with van der Waals surface area (Å²) >= 11 is 0. The van der Waals surface area contributed by atoms with Gasteiger partial charge >= 0.3 is 5.97 Å². The van der Waals surface area contributed by atoms with Crippen molar-refractivity contribution < 1.29 is 14.3 Å². The first kappa shape index (κ1) is 12.3. The lowest BCUT2D eigenvalue weighted by molar-refractivity contribution is 0.0699. The van der Waals surface area contributed by atoms with Crippen molar-refractivity contribution in [2.24, 2.45) is 0 Å². The van der Waals surface area contributed by atoms with E-state index in [1.807, 2.05) is 26.0 Å². The summed E-state index contributed by atoms with van der Waals surface area (Å²) in [6.07, 6.45) is 0. The summed E-state index contributed by atoms with van der Waals surface area (Å²) < 4.78 is 5.65. The summed E-state index contributed by atoms with van der Waals surface area (Å²) in [5.74, 6) is -0.632. The smallest absolute Gasteiger partial charge is 0.338 e. The predicted molar refractivity (Wildman–Crippen MR) is 73.7 cm³/mol. The number of carbonyl (C=O) groups is 1. The molecule has 5 nitrogen and oxygen atoms in total. The normalized spacial score (nSPS) is 10.9. The van der Waals surface area contributed by atoms with Gasteiger partial charge in [0, 0.05) is 5.69 Å². The van der Waals surface area contributed by atoms with Crippen LogP contribution in [0.2, 0.25) is 0 Å². The second kappa shape index (κ2) is 4.45. The molecule has 5 heteroatoms. The van der Waals surface area contributed by atoms with Crippen molar-refractivity contribution in [3.05, 3.63) is 47.3 Å². The number of aryl methyl sites for hydroxylation is 2. The number of aromatic carboxylic acids is 1. The molecule has 0 amide bonds. The minimum Gasteiger partial charge on any atom is -0.478 e. The number of aromatic nitrogens is 2. The highest BCUT2D eigenvalue weighted by Crippen LogP contribution is 2.27. The molecule has 0 aliphatic heterocycles. The fraction of sp³-hybridized carbons (Fsp3) is 0.133. The summed E-state index contributed by atoms with van der Waals surface area (Å²) in [7, 11) is 0. The maximum absolute atomic E-state index is 11.2. The van der Waals surface area contributed by atoms with Crippen LogP contribution in [0.4, 0.5) is 0 Å². The number of rotatable bonds is 2. The fourth-order valence-electron chi connectivity index (χ4n) is 2.15. The number of carboxylic acids is 1. The third kappa shape index (κ3) is 1.93. The lowest BCUT2D eigenvalue weighted by atomic mass is 10.2. The van der Waals surface area contributed by atoms with Crippen LogP contribution in [0, 0.1) is 13.8 Å². The lowest BCUT2D eigenvalue weighted by Gasteiger charge is -2.00. The van der Waals surface area contributed by atoms with E-state index in [0.717, 1.165) is 17.0 Å². The van der Waals surface area contributed by atoms with Gasteiger partial charge in [-0.1, -0.05) is 6.07 Å². The van der Waals surface area contributed by atoms with Crippen LogP contribution < -0.4 is 0 Å². The minimum atomic E-state index is -1.02. The first-order valence-corrected chi connectivity index (χ1v) is 6.14. The van der Waals surface area contributed by atoms with Crippen LogP contribution >= 0.6 is 0 Å². The highest BCUT2D eigenvalue weighted by Gasteiger charge is 2.16. The van der Waals surface area contributed by atoms with E-state index in [0.29, 0.717) is 17.0 Å². The van der Waals surface area contributed by atoms with Crippen LogP contribution in [0.25, 0.3) is 22.6 Å². The van der Waals surface area contributed by atoms with Gasteiger partial charge in [-0.05, 0) is 38.1 Å². The quantitative estimate of drug-likeness (QED) is 0.772. The third-order valence-electron chi connectivity index (χ3n) is 3.10. The molecule has 0 saturated carbocycles. The van der Waals surface area contributed by atoms with Gasteiger partial charge < -0.3 is 9.52 Å². The molecule has 0 radical (unpaired) electrons. The Morgan fingerprint density at radius 3 is 2.65 bits per heavy atom. The SMILES string of the molecule is Cc1ccc(-c2nc3c(C(=O)O)cccc3o2)c(C)n1. The summed E-state index contributed by atoms with van der Waals surface area (Å²) in [6.45, 7) is 3.78. The van der Waals surface area contributed by atoms with Gasteiger partial charge in [0.25, 0.3) is 0 Å².